The summed E-state index contributed by atoms with van der Waals surface area (Å²) >= 11 is 0. The molecule has 1 atom stereocenters. The van der Waals surface area contributed by atoms with Gasteiger partial charge in [0.15, 0.2) is 0 Å². The molecule has 0 spiro atoms. The highest BCUT2D eigenvalue weighted by atomic mass is 16.5. The van der Waals surface area contributed by atoms with Crippen molar-refractivity contribution in [3.8, 4) is 5.75 Å². The fourth-order valence-electron chi connectivity index (χ4n) is 2.97. The van der Waals surface area contributed by atoms with Gasteiger partial charge >= 0.3 is 0 Å². The van der Waals surface area contributed by atoms with Crippen molar-refractivity contribution in [2.45, 2.75) is 52.5 Å². The number of ether oxygens (including phenoxy) is 1. The molecule has 0 aliphatic heterocycles. The molecule has 19 heavy (non-hydrogen) atoms. The van der Waals surface area contributed by atoms with Crippen LogP contribution >= 0.6 is 0 Å². The Morgan fingerprint density at radius 3 is 2.53 bits per heavy atom. The van der Waals surface area contributed by atoms with Gasteiger partial charge in [-0.1, -0.05) is 19.4 Å². The molecule has 0 amide bonds. The van der Waals surface area contributed by atoms with Gasteiger partial charge in [-0.05, 0) is 68.3 Å². The SMILES string of the molecule is CCCNC(c1cc(C)c(OC)cc1C)C1CCC1. The zero-order valence-electron chi connectivity index (χ0n) is 12.8. The third-order valence-electron chi connectivity index (χ3n) is 4.35. The molecular weight excluding hydrogens is 234 g/mol. The minimum absolute atomic E-state index is 0.526. The summed E-state index contributed by atoms with van der Waals surface area (Å²) in [4.78, 5) is 0. The molecule has 1 saturated carbocycles. The lowest BCUT2D eigenvalue weighted by Crippen LogP contribution is -2.33. The van der Waals surface area contributed by atoms with Crippen molar-refractivity contribution >= 4 is 0 Å². The summed E-state index contributed by atoms with van der Waals surface area (Å²) in [5.74, 6) is 1.82. The largest absolute Gasteiger partial charge is 0.496 e. The first-order valence-corrected chi connectivity index (χ1v) is 7.55. The number of nitrogens with one attached hydrogen (secondary N) is 1. The van der Waals surface area contributed by atoms with E-state index in [4.69, 9.17) is 4.74 Å². The van der Waals surface area contributed by atoms with Crippen LogP contribution in [0.2, 0.25) is 0 Å². The quantitative estimate of drug-likeness (QED) is 0.830. The molecule has 1 aromatic carbocycles. The summed E-state index contributed by atoms with van der Waals surface area (Å²) in [6, 6.07) is 5.03. The highest BCUT2D eigenvalue weighted by Gasteiger charge is 2.29. The van der Waals surface area contributed by atoms with Crippen LogP contribution in [0, 0.1) is 19.8 Å². The van der Waals surface area contributed by atoms with E-state index in [2.05, 4.69) is 38.2 Å². The Hall–Kier alpha value is -1.02. The number of benzene rings is 1. The van der Waals surface area contributed by atoms with Crippen molar-refractivity contribution in [2.75, 3.05) is 13.7 Å². The fourth-order valence-corrected chi connectivity index (χ4v) is 2.97. The van der Waals surface area contributed by atoms with Gasteiger partial charge in [0.25, 0.3) is 0 Å². The number of rotatable bonds is 6. The van der Waals surface area contributed by atoms with E-state index in [0.717, 1.165) is 18.2 Å². The zero-order chi connectivity index (χ0) is 13.8. The van der Waals surface area contributed by atoms with Crippen LogP contribution in [0.3, 0.4) is 0 Å². The minimum atomic E-state index is 0.526. The highest BCUT2D eigenvalue weighted by molar-refractivity contribution is 5.43. The molecule has 1 N–H and O–H groups in total. The molecular formula is C17H27NO. The molecule has 2 rings (SSSR count). The van der Waals surface area contributed by atoms with E-state index in [-0.39, 0.29) is 0 Å². The normalized spacial score (nSPS) is 17.1. The highest BCUT2D eigenvalue weighted by Crippen LogP contribution is 2.40. The van der Waals surface area contributed by atoms with E-state index in [0.29, 0.717) is 6.04 Å². The molecule has 1 fully saturated rings. The number of hydrogen-bond donors (Lipinski definition) is 1. The van der Waals surface area contributed by atoms with E-state index in [9.17, 15) is 0 Å². The van der Waals surface area contributed by atoms with Crippen molar-refractivity contribution in [3.63, 3.8) is 0 Å². The Labute approximate surface area is 117 Å². The Morgan fingerprint density at radius 1 is 1.26 bits per heavy atom. The van der Waals surface area contributed by atoms with Gasteiger partial charge in [-0.25, -0.2) is 0 Å². The standard InChI is InChI=1S/C17H27NO/c1-5-9-18-17(14-7-6-8-14)15-10-13(3)16(19-4)11-12(15)2/h10-11,14,17-18H,5-9H2,1-4H3. The Kier molecular flexibility index (Phi) is 4.87. The minimum Gasteiger partial charge on any atom is -0.496 e. The van der Waals surface area contributed by atoms with Crippen LogP contribution in [0.25, 0.3) is 0 Å². The number of aryl methyl sites for hydroxylation is 2. The van der Waals surface area contributed by atoms with Crippen LogP contribution in [-0.2, 0) is 0 Å². The molecule has 106 valence electrons. The number of hydrogen-bond acceptors (Lipinski definition) is 2. The summed E-state index contributed by atoms with van der Waals surface area (Å²) in [5.41, 5.74) is 4.06. The molecule has 0 saturated heterocycles. The van der Waals surface area contributed by atoms with Crippen LogP contribution in [0.5, 0.6) is 5.75 Å². The van der Waals surface area contributed by atoms with E-state index in [1.807, 2.05) is 0 Å². The molecule has 2 heteroatoms. The maximum absolute atomic E-state index is 5.42. The molecule has 1 unspecified atom stereocenters. The molecule has 0 radical (unpaired) electrons. The van der Waals surface area contributed by atoms with E-state index in [1.54, 1.807) is 7.11 Å². The van der Waals surface area contributed by atoms with Crippen LogP contribution in [0.15, 0.2) is 12.1 Å². The first-order valence-electron chi connectivity index (χ1n) is 7.55. The second-order valence-electron chi connectivity index (χ2n) is 5.80. The maximum atomic E-state index is 5.42. The second-order valence-corrected chi connectivity index (χ2v) is 5.80. The predicted octanol–water partition coefficient (Wildman–Crippen LogP) is 4.15. The third kappa shape index (κ3) is 3.11. The monoisotopic (exact) mass is 261 g/mol. The summed E-state index contributed by atoms with van der Waals surface area (Å²) in [6.07, 6.45) is 5.32. The Bertz CT molecular complexity index is 424. The van der Waals surface area contributed by atoms with Gasteiger partial charge in [-0.15, -0.1) is 0 Å². The lowest BCUT2D eigenvalue weighted by atomic mass is 9.76. The van der Waals surface area contributed by atoms with Gasteiger partial charge in [0, 0.05) is 6.04 Å². The van der Waals surface area contributed by atoms with Gasteiger partial charge in [-0.3, -0.25) is 0 Å². The molecule has 0 heterocycles. The molecule has 1 aliphatic carbocycles. The Morgan fingerprint density at radius 2 is 2.00 bits per heavy atom. The number of methoxy groups -OCH3 is 1. The predicted molar refractivity (Wildman–Crippen MR) is 80.8 cm³/mol. The summed E-state index contributed by atoms with van der Waals surface area (Å²) < 4.78 is 5.42. The summed E-state index contributed by atoms with van der Waals surface area (Å²) in [6.45, 7) is 7.68. The van der Waals surface area contributed by atoms with Crippen LogP contribution in [0.1, 0.15) is 55.3 Å². The van der Waals surface area contributed by atoms with Gasteiger partial charge in [0.1, 0.15) is 5.75 Å². The maximum Gasteiger partial charge on any atom is 0.122 e. The average Bonchev–Trinajstić information content (AvgIpc) is 2.34. The van der Waals surface area contributed by atoms with Gasteiger partial charge in [-0.2, -0.15) is 0 Å². The molecule has 1 aromatic rings. The van der Waals surface area contributed by atoms with E-state index in [1.165, 1.54) is 42.4 Å². The van der Waals surface area contributed by atoms with Crippen LogP contribution < -0.4 is 10.1 Å². The van der Waals surface area contributed by atoms with Gasteiger partial charge < -0.3 is 10.1 Å². The van der Waals surface area contributed by atoms with Crippen molar-refractivity contribution in [1.29, 1.82) is 0 Å². The summed E-state index contributed by atoms with van der Waals surface area (Å²) in [7, 11) is 1.75. The van der Waals surface area contributed by atoms with Crippen LogP contribution in [0.4, 0.5) is 0 Å². The van der Waals surface area contributed by atoms with Crippen molar-refractivity contribution in [1.82, 2.24) is 5.32 Å². The molecule has 2 nitrogen and oxygen atoms in total. The van der Waals surface area contributed by atoms with Crippen molar-refractivity contribution < 1.29 is 4.74 Å². The fraction of sp³-hybridized carbons (Fsp3) is 0.647. The first-order chi connectivity index (χ1) is 9.17. The third-order valence-corrected chi connectivity index (χ3v) is 4.35. The Balaban J connectivity index is 2.27. The molecule has 0 bridgehead atoms. The van der Waals surface area contributed by atoms with E-state index < -0.39 is 0 Å². The smallest absolute Gasteiger partial charge is 0.122 e. The van der Waals surface area contributed by atoms with Crippen molar-refractivity contribution in [3.05, 3.63) is 28.8 Å². The zero-order valence-corrected chi connectivity index (χ0v) is 12.8. The molecule has 1 aliphatic rings. The van der Waals surface area contributed by atoms with Crippen molar-refractivity contribution in [2.24, 2.45) is 5.92 Å². The first kappa shape index (κ1) is 14.4. The van der Waals surface area contributed by atoms with Gasteiger partial charge in [0.2, 0.25) is 0 Å². The van der Waals surface area contributed by atoms with Crippen LogP contribution in [-0.4, -0.2) is 13.7 Å². The van der Waals surface area contributed by atoms with E-state index >= 15 is 0 Å². The second kappa shape index (κ2) is 6.42. The average molecular weight is 261 g/mol. The topological polar surface area (TPSA) is 21.3 Å². The lowest BCUT2D eigenvalue weighted by Gasteiger charge is -2.36. The molecule has 0 aromatic heterocycles. The van der Waals surface area contributed by atoms with Gasteiger partial charge in [0.05, 0.1) is 7.11 Å². The summed E-state index contributed by atoms with van der Waals surface area (Å²) in [5, 5.41) is 3.75. The lowest BCUT2D eigenvalue weighted by molar-refractivity contribution is 0.230.